The fraction of sp³-hybridized carbons (Fsp3) is 0.370. The molecular formula is C27H33N3O2. The van der Waals surface area contributed by atoms with E-state index in [9.17, 15) is 5.11 Å². The molecule has 0 aliphatic heterocycles. The number of hydrogen-bond donors (Lipinski definition) is 1. The summed E-state index contributed by atoms with van der Waals surface area (Å²) in [7, 11) is 1.93. The molecule has 32 heavy (non-hydrogen) atoms. The van der Waals surface area contributed by atoms with E-state index in [1.807, 2.05) is 54.2 Å². The molecule has 5 nitrogen and oxygen atoms in total. The number of hydrogen-bond acceptors (Lipinski definition) is 4. The van der Waals surface area contributed by atoms with Crippen LogP contribution in [-0.4, -0.2) is 38.5 Å². The highest BCUT2D eigenvalue weighted by Gasteiger charge is 2.32. The fourth-order valence-electron chi connectivity index (χ4n) is 4.10. The van der Waals surface area contributed by atoms with E-state index < -0.39 is 0 Å². The van der Waals surface area contributed by atoms with Crippen LogP contribution in [0.4, 0.5) is 0 Å². The maximum absolute atomic E-state index is 10.6. The van der Waals surface area contributed by atoms with E-state index in [0.29, 0.717) is 19.1 Å². The van der Waals surface area contributed by atoms with Gasteiger partial charge in [-0.3, -0.25) is 4.90 Å². The molecule has 0 bridgehead atoms. The lowest BCUT2D eigenvalue weighted by atomic mass is 10.1. The van der Waals surface area contributed by atoms with Crippen LogP contribution in [0.25, 0.3) is 11.3 Å². The highest BCUT2D eigenvalue weighted by molar-refractivity contribution is 5.65. The summed E-state index contributed by atoms with van der Waals surface area (Å²) in [4.78, 5) is 2.39. The zero-order chi connectivity index (χ0) is 22.5. The number of nitrogens with zero attached hydrogens (tertiary/aromatic N) is 3. The Balaban J connectivity index is 1.68. The number of benzene rings is 2. The number of aliphatic hydroxyl groups is 1. The molecule has 1 fully saturated rings. The Morgan fingerprint density at radius 1 is 1.22 bits per heavy atom. The standard InChI is InChI=1S/C27H33N3O2/c1-4-5-13-23(31)18-30(22-15-16-22)19-25-26(21-11-7-6-8-12-21)28-29(3)27(25)32-24-14-9-10-20(2)17-24/h4,6-12,14,17,22-23,31H,1,5,13,15-16,18-19H2,2-3H3/t23-/m0/s1. The van der Waals surface area contributed by atoms with Crippen molar-refractivity contribution < 1.29 is 9.84 Å². The van der Waals surface area contributed by atoms with Crippen molar-refractivity contribution >= 4 is 0 Å². The maximum atomic E-state index is 10.6. The lowest BCUT2D eigenvalue weighted by Gasteiger charge is -2.25. The van der Waals surface area contributed by atoms with E-state index in [4.69, 9.17) is 9.84 Å². The molecule has 4 rings (SSSR count). The van der Waals surface area contributed by atoms with Gasteiger partial charge in [0.15, 0.2) is 0 Å². The Morgan fingerprint density at radius 2 is 2.00 bits per heavy atom. The van der Waals surface area contributed by atoms with Crippen LogP contribution in [0.15, 0.2) is 67.3 Å². The van der Waals surface area contributed by atoms with Crippen molar-refractivity contribution in [2.75, 3.05) is 6.54 Å². The summed E-state index contributed by atoms with van der Waals surface area (Å²) in [5, 5.41) is 15.4. The topological polar surface area (TPSA) is 50.5 Å². The molecule has 1 aliphatic carbocycles. The van der Waals surface area contributed by atoms with Gasteiger partial charge in [-0.1, -0.05) is 48.5 Å². The van der Waals surface area contributed by atoms with Gasteiger partial charge in [-0.15, -0.1) is 6.58 Å². The third-order valence-electron chi connectivity index (χ3n) is 5.91. The van der Waals surface area contributed by atoms with Crippen molar-refractivity contribution in [1.82, 2.24) is 14.7 Å². The van der Waals surface area contributed by atoms with Gasteiger partial charge in [0, 0.05) is 31.7 Å². The third kappa shape index (κ3) is 5.47. The predicted molar refractivity (Wildman–Crippen MR) is 129 cm³/mol. The van der Waals surface area contributed by atoms with Crippen LogP contribution in [0, 0.1) is 6.92 Å². The Hall–Kier alpha value is -2.89. The van der Waals surface area contributed by atoms with Gasteiger partial charge >= 0.3 is 0 Å². The molecule has 2 aromatic carbocycles. The van der Waals surface area contributed by atoms with E-state index in [-0.39, 0.29) is 6.10 Å². The Bertz CT molecular complexity index is 1040. The summed E-state index contributed by atoms with van der Waals surface area (Å²) >= 11 is 0. The minimum atomic E-state index is -0.369. The minimum Gasteiger partial charge on any atom is -0.439 e. The van der Waals surface area contributed by atoms with Gasteiger partial charge in [-0.25, -0.2) is 4.68 Å². The molecule has 168 valence electrons. The summed E-state index contributed by atoms with van der Waals surface area (Å²) in [6.07, 6.45) is 5.40. The van der Waals surface area contributed by atoms with Crippen molar-refractivity contribution in [2.24, 2.45) is 7.05 Å². The first-order chi connectivity index (χ1) is 15.5. The van der Waals surface area contributed by atoms with E-state index in [0.717, 1.165) is 46.9 Å². The molecule has 1 aromatic heterocycles. The first kappa shape index (κ1) is 22.3. The molecule has 0 radical (unpaired) electrons. The molecule has 1 heterocycles. The van der Waals surface area contributed by atoms with Gasteiger partial charge in [-0.2, -0.15) is 5.10 Å². The normalized spacial score (nSPS) is 14.5. The first-order valence-electron chi connectivity index (χ1n) is 11.4. The van der Waals surface area contributed by atoms with Crippen LogP contribution in [0.5, 0.6) is 11.6 Å². The highest BCUT2D eigenvalue weighted by atomic mass is 16.5. The van der Waals surface area contributed by atoms with E-state index >= 15 is 0 Å². The van der Waals surface area contributed by atoms with Gasteiger partial charge in [0.2, 0.25) is 5.88 Å². The van der Waals surface area contributed by atoms with Crippen LogP contribution in [-0.2, 0) is 13.6 Å². The summed E-state index contributed by atoms with van der Waals surface area (Å²) < 4.78 is 8.22. The number of aromatic nitrogens is 2. The molecule has 0 amide bonds. The van der Waals surface area contributed by atoms with Crippen LogP contribution < -0.4 is 4.74 Å². The number of allylic oxidation sites excluding steroid dienone is 1. The lowest BCUT2D eigenvalue weighted by Crippen LogP contribution is -2.34. The summed E-state index contributed by atoms with van der Waals surface area (Å²) in [6, 6.07) is 18.8. The molecule has 0 unspecified atom stereocenters. The van der Waals surface area contributed by atoms with Gasteiger partial charge in [0.1, 0.15) is 11.4 Å². The maximum Gasteiger partial charge on any atom is 0.222 e. The number of aliphatic hydroxyl groups excluding tert-OH is 1. The summed E-state index contributed by atoms with van der Waals surface area (Å²) in [6.45, 7) is 7.18. The molecule has 0 spiro atoms. The molecule has 5 heteroatoms. The molecule has 1 N–H and O–H groups in total. The third-order valence-corrected chi connectivity index (χ3v) is 5.91. The first-order valence-corrected chi connectivity index (χ1v) is 11.4. The zero-order valence-electron chi connectivity index (χ0n) is 19.1. The fourth-order valence-corrected chi connectivity index (χ4v) is 4.10. The second-order valence-electron chi connectivity index (χ2n) is 8.72. The molecule has 1 atom stereocenters. The average molecular weight is 432 g/mol. The predicted octanol–water partition coefficient (Wildman–Crippen LogP) is 5.48. The molecule has 0 saturated heterocycles. The lowest BCUT2D eigenvalue weighted by molar-refractivity contribution is 0.0976. The minimum absolute atomic E-state index is 0.369. The van der Waals surface area contributed by atoms with Gasteiger partial charge in [0.05, 0.1) is 11.7 Å². The average Bonchev–Trinajstić information content (AvgIpc) is 3.59. The van der Waals surface area contributed by atoms with Gasteiger partial charge < -0.3 is 9.84 Å². The quantitative estimate of drug-likeness (QED) is 0.409. The number of ether oxygens (including phenoxy) is 1. The summed E-state index contributed by atoms with van der Waals surface area (Å²) in [5.41, 5.74) is 4.21. The van der Waals surface area contributed by atoms with E-state index in [1.54, 1.807) is 0 Å². The second kappa shape index (κ2) is 10.2. The van der Waals surface area contributed by atoms with Crippen molar-refractivity contribution in [3.8, 4) is 22.9 Å². The van der Waals surface area contributed by atoms with Crippen LogP contribution >= 0.6 is 0 Å². The second-order valence-corrected chi connectivity index (χ2v) is 8.72. The zero-order valence-corrected chi connectivity index (χ0v) is 19.1. The largest absolute Gasteiger partial charge is 0.439 e. The Morgan fingerprint density at radius 3 is 2.69 bits per heavy atom. The van der Waals surface area contributed by atoms with Crippen molar-refractivity contribution in [3.05, 3.63) is 78.4 Å². The number of aryl methyl sites for hydroxylation is 2. The van der Waals surface area contributed by atoms with Crippen LogP contribution in [0.1, 0.15) is 36.8 Å². The highest BCUT2D eigenvalue weighted by Crippen LogP contribution is 2.37. The molecule has 1 aliphatic rings. The number of rotatable bonds is 11. The van der Waals surface area contributed by atoms with Gasteiger partial charge in [-0.05, 0) is 50.3 Å². The SMILES string of the molecule is C=CCC[C@H](O)CN(Cc1c(-c2ccccc2)nn(C)c1Oc1cccc(C)c1)C1CC1. The monoisotopic (exact) mass is 431 g/mol. The summed E-state index contributed by atoms with van der Waals surface area (Å²) in [5.74, 6) is 1.55. The molecular weight excluding hydrogens is 398 g/mol. The molecule has 3 aromatic rings. The van der Waals surface area contributed by atoms with Crippen LogP contribution in [0.2, 0.25) is 0 Å². The Kier molecular flexibility index (Phi) is 7.08. The van der Waals surface area contributed by atoms with E-state index in [2.05, 4.69) is 36.6 Å². The van der Waals surface area contributed by atoms with Crippen molar-refractivity contribution in [3.63, 3.8) is 0 Å². The van der Waals surface area contributed by atoms with Gasteiger partial charge in [0.25, 0.3) is 0 Å². The van der Waals surface area contributed by atoms with Crippen LogP contribution in [0.3, 0.4) is 0 Å². The Labute approximate surface area is 191 Å². The van der Waals surface area contributed by atoms with Crippen molar-refractivity contribution in [1.29, 1.82) is 0 Å². The van der Waals surface area contributed by atoms with Crippen molar-refractivity contribution in [2.45, 2.75) is 51.3 Å². The molecule has 1 saturated carbocycles. The van der Waals surface area contributed by atoms with E-state index in [1.165, 1.54) is 12.8 Å². The smallest absolute Gasteiger partial charge is 0.222 e.